The monoisotopic (exact) mass is 303 g/mol. The molecule has 4 heteroatoms. The van der Waals surface area contributed by atoms with Crippen LogP contribution < -0.4 is 0 Å². The summed E-state index contributed by atoms with van der Waals surface area (Å²) in [5.41, 5.74) is 0. The third-order valence-electron chi connectivity index (χ3n) is 1.70. The fraction of sp³-hybridized carbons (Fsp3) is 0. The van der Waals surface area contributed by atoms with Crippen LogP contribution in [0.1, 0.15) is 4.88 Å². The molecule has 0 amide bonds. The van der Waals surface area contributed by atoms with E-state index in [2.05, 4.69) is 6.07 Å². The maximum absolute atomic E-state index is 13.1. The zero-order chi connectivity index (χ0) is 9.42. The molecule has 64 valence electrons. The molecule has 13 heavy (non-hydrogen) atoms. The van der Waals surface area contributed by atoms with Gasteiger partial charge >= 0.3 is 0 Å². The number of benzene rings is 1. The van der Waals surface area contributed by atoms with Crippen molar-refractivity contribution < 1.29 is 4.39 Å². The summed E-state index contributed by atoms with van der Waals surface area (Å²) in [6.45, 7) is 0. The lowest BCUT2D eigenvalue weighted by molar-refractivity contribution is 0.623. The topological polar surface area (TPSA) is 23.8 Å². The Morgan fingerprint density at radius 2 is 2.23 bits per heavy atom. The second-order valence-electron chi connectivity index (χ2n) is 2.50. The fourth-order valence-electron chi connectivity index (χ4n) is 1.11. The molecule has 1 heterocycles. The van der Waals surface area contributed by atoms with E-state index in [1.54, 1.807) is 12.1 Å². The van der Waals surface area contributed by atoms with Gasteiger partial charge in [0.25, 0.3) is 0 Å². The van der Waals surface area contributed by atoms with Crippen LogP contribution >= 0.6 is 33.9 Å². The van der Waals surface area contributed by atoms with E-state index in [4.69, 9.17) is 5.26 Å². The van der Waals surface area contributed by atoms with Crippen LogP contribution in [-0.2, 0) is 0 Å². The Bertz CT molecular complexity index is 512. The van der Waals surface area contributed by atoms with Crippen LogP contribution in [-0.4, -0.2) is 0 Å². The lowest BCUT2D eigenvalue weighted by Crippen LogP contribution is -1.79. The number of halogens is 2. The first-order valence-electron chi connectivity index (χ1n) is 3.50. The van der Waals surface area contributed by atoms with Crippen LogP contribution in [0.3, 0.4) is 0 Å². The Morgan fingerprint density at radius 3 is 2.92 bits per heavy atom. The predicted octanol–water partition coefficient (Wildman–Crippen LogP) is 3.52. The van der Waals surface area contributed by atoms with Gasteiger partial charge < -0.3 is 0 Å². The van der Waals surface area contributed by atoms with Crippen molar-refractivity contribution in [2.24, 2.45) is 0 Å². The molecule has 0 aliphatic rings. The summed E-state index contributed by atoms with van der Waals surface area (Å²) in [5, 5.41) is 9.50. The summed E-state index contributed by atoms with van der Waals surface area (Å²) >= 11 is 3.34. The molecule has 0 radical (unpaired) electrons. The average molecular weight is 303 g/mol. The molecule has 0 spiro atoms. The highest BCUT2D eigenvalue weighted by molar-refractivity contribution is 14.1. The van der Waals surface area contributed by atoms with Crippen LogP contribution in [0.5, 0.6) is 0 Å². The average Bonchev–Trinajstić information content (AvgIpc) is 2.55. The highest BCUT2D eigenvalue weighted by Gasteiger charge is 2.07. The summed E-state index contributed by atoms with van der Waals surface area (Å²) in [6, 6.07) is 6.92. The number of rotatable bonds is 0. The van der Waals surface area contributed by atoms with E-state index in [1.165, 1.54) is 17.4 Å². The summed E-state index contributed by atoms with van der Waals surface area (Å²) in [7, 11) is 0. The number of nitrogens with zero attached hydrogens (tertiary/aromatic N) is 1. The van der Waals surface area contributed by atoms with Gasteiger partial charge in [-0.05, 0) is 40.8 Å². The van der Waals surface area contributed by atoms with E-state index in [1.807, 2.05) is 22.6 Å². The Kier molecular flexibility index (Phi) is 2.22. The zero-order valence-corrected chi connectivity index (χ0v) is 9.32. The van der Waals surface area contributed by atoms with Gasteiger partial charge in [0, 0.05) is 10.1 Å². The van der Waals surface area contributed by atoms with Crippen molar-refractivity contribution in [3.8, 4) is 6.07 Å². The minimum atomic E-state index is -0.226. The predicted molar refractivity (Wildman–Crippen MR) is 59.2 cm³/mol. The first-order valence-corrected chi connectivity index (χ1v) is 5.39. The van der Waals surface area contributed by atoms with Crippen LogP contribution in [0.25, 0.3) is 10.1 Å². The van der Waals surface area contributed by atoms with Crippen molar-refractivity contribution in [3.63, 3.8) is 0 Å². The summed E-state index contributed by atoms with van der Waals surface area (Å²) in [5.74, 6) is -0.226. The van der Waals surface area contributed by atoms with E-state index < -0.39 is 0 Å². The van der Waals surface area contributed by atoms with Gasteiger partial charge in [-0.25, -0.2) is 4.39 Å². The first kappa shape index (κ1) is 8.91. The third-order valence-corrected chi connectivity index (χ3v) is 3.80. The third kappa shape index (κ3) is 1.42. The van der Waals surface area contributed by atoms with Gasteiger partial charge in [-0.1, -0.05) is 0 Å². The fourth-order valence-corrected chi connectivity index (χ4v) is 2.78. The highest BCUT2D eigenvalue weighted by atomic mass is 127. The van der Waals surface area contributed by atoms with Crippen molar-refractivity contribution in [1.82, 2.24) is 0 Å². The van der Waals surface area contributed by atoms with Crippen molar-refractivity contribution >= 4 is 44.0 Å². The summed E-state index contributed by atoms with van der Waals surface area (Å²) < 4.78 is 14.6. The summed E-state index contributed by atoms with van der Waals surface area (Å²) in [6.07, 6.45) is 0. The molecule has 0 N–H and O–H groups in total. The molecule has 0 aliphatic heterocycles. The molecule has 0 atom stereocenters. The maximum Gasteiger partial charge on any atom is 0.137 e. The summed E-state index contributed by atoms with van der Waals surface area (Å²) in [4.78, 5) is 0.624. The van der Waals surface area contributed by atoms with Gasteiger partial charge in [0.05, 0.1) is 3.57 Å². The van der Waals surface area contributed by atoms with Crippen molar-refractivity contribution in [1.29, 1.82) is 5.26 Å². The van der Waals surface area contributed by atoms with E-state index in [-0.39, 0.29) is 5.82 Å². The second kappa shape index (κ2) is 3.24. The molecular weight excluding hydrogens is 300 g/mol. The van der Waals surface area contributed by atoms with Gasteiger partial charge in [-0.15, -0.1) is 11.3 Å². The van der Waals surface area contributed by atoms with Gasteiger partial charge in [0.15, 0.2) is 0 Å². The van der Waals surface area contributed by atoms with Crippen LogP contribution in [0.2, 0.25) is 0 Å². The van der Waals surface area contributed by atoms with Gasteiger partial charge in [0.1, 0.15) is 16.8 Å². The molecule has 1 aromatic heterocycles. The number of fused-ring (bicyclic) bond motifs is 1. The molecule has 0 saturated carbocycles. The molecule has 1 aromatic carbocycles. The largest absolute Gasteiger partial charge is 0.206 e. The van der Waals surface area contributed by atoms with Crippen molar-refractivity contribution in [2.45, 2.75) is 0 Å². The minimum absolute atomic E-state index is 0.226. The molecule has 0 fully saturated rings. The normalized spacial score (nSPS) is 10.2. The number of hydrogen-bond acceptors (Lipinski definition) is 2. The molecular formula is C9H3FINS. The van der Waals surface area contributed by atoms with Crippen LogP contribution in [0.15, 0.2) is 18.2 Å². The Balaban J connectivity index is 2.86. The lowest BCUT2D eigenvalue weighted by atomic mass is 10.2. The second-order valence-corrected chi connectivity index (χ2v) is 4.66. The standard InChI is InChI=1S/C9H3FINS/c10-7-1-2-8-6(9(7)11)3-5(4-12)13-8/h1-3H. The number of thiophene rings is 1. The highest BCUT2D eigenvalue weighted by Crippen LogP contribution is 2.30. The van der Waals surface area contributed by atoms with Crippen molar-refractivity contribution in [2.75, 3.05) is 0 Å². The smallest absolute Gasteiger partial charge is 0.137 e. The van der Waals surface area contributed by atoms with Gasteiger partial charge in [-0.3, -0.25) is 0 Å². The number of nitriles is 1. The Morgan fingerprint density at radius 1 is 1.46 bits per heavy atom. The molecule has 2 rings (SSSR count). The maximum atomic E-state index is 13.1. The van der Waals surface area contributed by atoms with Crippen LogP contribution in [0.4, 0.5) is 4.39 Å². The molecule has 0 bridgehead atoms. The molecule has 1 nitrogen and oxygen atoms in total. The number of hydrogen-bond donors (Lipinski definition) is 0. The van der Waals surface area contributed by atoms with Crippen LogP contribution in [0, 0.1) is 20.7 Å². The van der Waals surface area contributed by atoms with E-state index in [9.17, 15) is 4.39 Å². The quantitative estimate of drug-likeness (QED) is 0.683. The van der Waals surface area contributed by atoms with Gasteiger partial charge in [-0.2, -0.15) is 5.26 Å². The van der Waals surface area contributed by atoms with Crippen molar-refractivity contribution in [3.05, 3.63) is 32.5 Å². The van der Waals surface area contributed by atoms with E-state index in [0.29, 0.717) is 8.45 Å². The zero-order valence-electron chi connectivity index (χ0n) is 6.34. The van der Waals surface area contributed by atoms with E-state index >= 15 is 0 Å². The van der Waals surface area contributed by atoms with Gasteiger partial charge in [0.2, 0.25) is 0 Å². The Labute approximate surface area is 91.9 Å². The van der Waals surface area contributed by atoms with E-state index in [0.717, 1.165) is 10.1 Å². The first-order chi connectivity index (χ1) is 6.22. The lowest BCUT2D eigenvalue weighted by Gasteiger charge is -1.94. The molecule has 0 unspecified atom stereocenters. The Hall–Kier alpha value is -0.670. The molecule has 2 aromatic rings. The minimum Gasteiger partial charge on any atom is -0.206 e. The SMILES string of the molecule is N#Cc1cc2c(I)c(F)ccc2s1. The molecule has 0 saturated heterocycles. The molecule has 0 aliphatic carbocycles.